The van der Waals surface area contributed by atoms with E-state index in [0.29, 0.717) is 11.8 Å². The van der Waals surface area contributed by atoms with E-state index in [9.17, 15) is 9.59 Å². The predicted octanol–water partition coefficient (Wildman–Crippen LogP) is 9.51. The monoisotopic (exact) mass is 746 g/mol. The number of allylic oxidation sites excluding steroid dienone is 2. The Labute approximate surface area is 267 Å². The fourth-order valence-corrected chi connectivity index (χ4v) is 16.1. The fraction of sp³-hybridized carbons (Fsp3) is 0.879. The zero-order valence-electron chi connectivity index (χ0n) is 25.9. The minimum Gasteiger partial charge on any atom is -0.469 e. The molecule has 0 aliphatic heterocycles. The lowest BCUT2D eigenvalue weighted by Gasteiger charge is -2.73. The van der Waals surface area contributed by atoms with E-state index in [4.69, 9.17) is 9.47 Å². The summed E-state index contributed by atoms with van der Waals surface area (Å²) < 4.78 is 12.3. The molecule has 5 rings (SSSR count). The van der Waals surface area contributed by atoms with Crippen LogP contribution in [0.4, 0.5) is 0 Å². The molecule has 0 radical (unpaired) electrons. The zero-order chi connectivity index (χ0) is 29.9. The predicted molar refractivity (Wildman–Crippen MR) is 171 cm³/mol. The fourth-order valence-electron chi connectivity index (χ4n) is 11.4. The van der Waals surface area contributed by atoms with E-state index in [0.717, 1.165) is 57.8 Å². The second-order valence-corrected chi connectivity index (χ2v) is 19.3. The second-order valence-electron chi connectivity index (χ2n) is 16.1. The molecular weight excluding hydrogens is 700 g/mol. The first-order valence-corrected chi connectivity index (χ1v) is 17.8. The largest absolute Gasteiger partial charge is 0.469 e. The van der Waals surface area contributed by atoms with Crippen LogP contribution in [0.15, 0.2) is 10.1 Å². The molecule has 4 nitrogen and oxygen atoms in total. The van der Waals surface area contributed by atoms with Gasteiger partial charge in [0.2, 0.25) is 0 Å². The van der Waals surface area contributed by atoms with E-state index in [1.165, 1.54) is 10.1 Å². The Kier molecular flexibility index (Phi) is 7.54. The molecule has 0 aromatic carbocycles. The Morgan fingerprint density at radius 1 is 0.900 bits per heavy atom. The van der Waals surface area contributed by atoms with Crippen molar-refractivity contribution in [3.8, 4) is 0 Å². The van der Waals surface area contributed by atoms with Crippen LogP contribution in [0.1, 0.15) is 113 Å². The third kappa shape index (κ3) is 3.90. The average molecular weight is 749 g/mol. The first-order chi connectivity index (χ1) is 18.3. The topological polar surface area (TPSA) is 52.6 Å². The summed E-state index contributed by atoms with van der Waals surface area (Å²) in [5.74, 6) is 0.619. The standard InChI is InChI=1S/C33H49Br3O4/c1-19(37)40-21-11-12-29(6)20(28(21,4)5)10-13-30(7)24(29)22(34)23(35)25-31(30,8)15-17-32(26(38)39-9)16-14-27(2,3)18-33(25,32)36/h20-22,24H,10-18H2,1-9H3/t20?,21-,22?,24?,29-,30+,31+,32+,33?/m0/s1. The first-order valence-electron chi connectivity index (χ1n) is 15.3. The maximum absolute atomic E-state index is 13.7. The van der Waals surface area contributed by atoms with Crippen molar-refractivity contribution in [3.05, 3.63) is 10.1 Å². The zero-order valence-corrected chi connectivity index (χ0v) is 30.7. The maximum atomic E-state index is 13.7. The van der Waals surface area contributed by atoms with Gasteiger partial charge in [0.25, 0.3) is 0 Å². The second kappa shape index (κ2) is 9.56. The van der Waals surface area contributed by atoms with Gasteiger partial charge < -0.3 is 9.47 Å². The van der Waals surface area contributed by atoms with Gasteiger partial charge in [0.15, 0.2) is 0 Å². The summed E-state index contributed by atoms with van der Waals surface area (Å²) in [6.07, 6.45) is 8.75. The number of hydrogen-bond acceptors (Lipinski definition) is 4. The number of rotatable bonds is 2. The van der Waals surface area contributed by atoms with Crippen LogP contribution in [0.5, 0.6) is 0 Å². The van der Waals surface area contributed by atoms with Gasteiger partial charge in [-0.05, 0) is 96.9 Å². The molecule has 40 heavy (non-hydrogen) atoms. The highest BCUT2D eigenvalue weighted by molar-refractivity contribution is 9.14. The molecule has 0 bridgehead atoms. The number of alkyl halides is 2. The molecule has 0 aromatic heterocycles. The Bertz CT molecular complexity index is 1150. The molecule has 7 heteroatoms. The molecule has 5 aliphatic carbocycles. The maximum Gasteiger partial charge on any atom is 0.313 e. The van der Waals surface area contributed by atoms with Crippen LogP contribution < -0.4 is 0 Å². The Morgan fingerprint density at radius 2 is 1.52 bits per heavy atom. The summed E-state index contributed by atoms with van der Waals surface area (Å²) in [4.78, 5) is 25.9. The van der Waals surface area contributed by atoms with E-state index in [2.05, 4.69) is 96.3 Å². The van der Waals surface area contributed by atoms with Crippen LogP contribution >= 0.6 is 47.8 Å². The molecule has 0 amide bonds. The minimum atomic E-state index is -0.563. The number of methoxy groups -OCH3 is 1. The molecule has 0 heterocycles. The van der Waals surface area contributed by atoms with Gasteiger partial charge in [-0.3, -0.25) is 9.59 Å². The Morgan fingerprint density at radius 3 is 2.12 bits per heavy atom. The summed E-state index contributed by atoms with van der Waals surface area (Å²) in [6.45, 7) is 18.5. The van der Waals surface area contributed by atoms with Crippen LogP contribution in [0.25, 0.3) is 0 Å². The SMILES string of the molecule is COC(=O)[C@]12CCC(C)(C)CC1(Br)C1=C(Br)C(Br)C3[C@@]4(C)CC[C@H](OC(C)=O)C(C)(C)C4CC[C@@]3(C)[C@]1(C)CC2. The molecule has 4 unspecified atom stereocenters. The van der Waals surface area contributed by atoms with Crippen molar-refractivity contribution in [3.63, 3.8) is 0 Å². The number of hydrogen-bond donors (Lipinski definition) is 0. The van der Waals surface area contributed by atoms with Crippen LogP contribution in [0.3, 0.4) is 0 Å². The number of halogens is 3. The van der Waals surface area contributed by atoms with Crippen molar-refractivity contribution in [1.29, 1.82) is 0 Å². The van der Waals surface area contributed by atoms with Crippen molar-refractivity contribution in [2.24, 2.45) is 44.3 Å². The first kappa shape index (κ1) is 31.5. The smallest absolute Gasteiger partial charge is 0.313 e. The summed E-state index contributed by atoms with van der Waals surface area (Å²) in [7, 11) is 1.56. The van der Waals surface area contributed by atoms with Gasteiger partial charge in [0, 0.05) is 16.8 Å². The third-order valence-electron chi connectivity index (χ3n) is 13.4. The highest BCUT2D eigenvalue weighted by Gasteiger charge is 2.75. The quantitative estimate of drug-likeness (QED) is 0.209. The molecule has 0 spiro atoms. The van der Waals surface area contributed by atoms with E-state index in [1.54, 1.807) is 14.0 Å². The number of esters is 2. The number of fused-ring (bicyclic) bond motifs is 7. The van der Waals surface area contributed by atoms with Crippen molar-refractivity contribution >= 4 is 59.7 Å². The van der Waals surface area contributed by atoms with Gasteiger partial charge >= 0.3 is 11.9 Å². The highest BCUT2D eigenvalue weighted by atomic mass is 79.9. The molecule has 9 atom stereocenters. The van der Waals surface area contributed by atoms with Gasteiger partial charge in [-0.2, -0.15) is 0 Å². The number of ether oxygens (including phenoxy) is 2. The lowest BCUT2D eigenvalue weighted by Crippen LogP contribution is -2.70. The van der Waals surface area contributed by atoms with Crippen LogP contribution in [-0.4, -0.2) is 34.3 Å². The van der Waals surface area contributed by atoms with Gasteiger partial charge in [-0.15, -0.1) is 0 Å². The Hall–Kier alpha value is 0.120. The van der Waals surface area contributed by atoms with Crippen molar-refractivity contribution < 1.29 is 19.1 Å². The molecule has 5 aliphatic rings. The minimum absolute atomic E-state index is 0.0357. The summed E-state index contributed by atoms with van der Waals surface area (Å²) >= 11 is 13.0. The van der Waals surface area contributed by atoms with Crippen molar-refractivity contribution in [2.75, 3.05) is 7.11 Å². The van der Waals surface area contributed by atoms with Gasteiger partial charge in [-0.1, -0.05) is 96.3 Å². The van der Waals surface area contributed by atoms with Gasteiger partial charge in [-0.25, -0.2) is 0 Å². The molecule has 0 saturated heterocycles. The molecule has 4 fully saturated rings. The lowest BCUT2D eigenvalue weighted by atomic mass is 9.33. The highest BCUT2D eigenvalue weighted by Crippen LogP contribution is 2.79. The molecule has 0 aromatic rings. The molecule has 226 valence electrons. The summed E-state index contributed by atoms with van der Waals surface area (Å²) in [5, 5.41) is 0. The molecule has 4 saturated carbocycles. The molecular formula is C33H49Br3O4. The summed E-state index contributed by atoms with van der Waals surface area (Å²) in [6, 6.07) is 0. The van der Waals surface area contributed by atoms with Gasteiger partial charge in [0.05, 0.1) is 21.7 Å². The van der Waals surface area contributed by atoms with Crippen molar-refractivity contribution in [2.45, 2.75) is 128 Å². The molecule has 0 N–H and O–H groups in total. The van der Waals surface area contributed by atoms with E-state index >= 15 is 0 Å². The van der Waals surface area contributed by atoms with E-state index < -0.39 is 9.74 Å². The van der Waals surface area contributed by atoms with Crippen molar-refractivity contribution in [1.82, 2.24) is 0 Å². The van der Waals surface area contributed by atoms with Crippen LogP contribution in [0, 0.1) is 44.3 Å². The average Bonchev–Trinajstić information content (AvgIpc) is 2.83. The van der Waals surface area contributed by atoms with E-state index in [1.807, 2.05) is 0 Å². The summed E-state index contributed by atoms with van der Waals surface area (Å²) in [5.41, 5.74) is 0.889. The van der Waals surface area contributed by atoms with Crippen LogP contribution in [-0.2, 0) is 19.1 Å². The number of carbonyl (C=O) groups excluding carboxylic acids is 2. The normalized spacial score (nSPS) is 49.1. The Balaban J connectivity index is 1.68. The lowest BCUT2D eigenvalue weighted by molar-refractivity contribution is -0.210. The number of carbonyl (C=O) groups is 2. The van der Waals surface area contributed by atoms with Gasteiger partial charge in [0.1, 0.15) is 6.10 Å². The third-order valence-corrected chi connectivity index (χ3v) is 17.4. The van der Waals surface area contributed by atoms with E-state index in [-0.39, 0.29) is 49.9 Å². The van der Waals surface area contributed by atoms with Crippen LogP contribution in [0.2, 0.25) is 0 Å².